The van der Waals surface area contributed by atoms with Crippen molar-refractivity contribution in [1.82, 2.24) is 10.2 Å². The minimum Gasteiger partial charge on any atom is -0.342 e. The Kier molecular flexibility index (Phi) is 6.06. The first-order chi connectivity index (χ1) is 9.06. The molecule has 3 unspecified atom stereocenters. The van der Waals surface area contributed by atoms with E-state index in [1.54, 1.807) is 4.90 Å². The van der Waals surface area contributed by atoms with Crippen molar-refractivity contribution in [3.05, 3.63) is 12.2 Å². The molecule has 1 aliphatic rings. The quantitative estimate of drug-likeness (QED) is 0.749. The lowest BCUT2D eigenvalue weighted by Gasteiger charge is -2.40. The molecule has 0 aromatic rings. The van der Waals surface area contributed by atoms with Crippen LogP contribution in [-0.4, -0.2) is 35.3 Å². The number of nitrogens with one attached hydrogen (secondary N) is 1. The summed E-state index contributed by atoms with van der Waals surface area (Å²) in [5, 5.41) is 2.90. The fourth-order valence-corrected chi connectivity index (χ4v) is 2.40. The van der Waals surface area contributed by atoms with Crippen LogP contribution < -0.4 is 5.32 Å². The van der Waals surface area contributed by atoms with Crippen molar-refractivity contribution in [2.24, 2.45) is 5.92 Å². The van der Waals surface area contributed by atoms with E-state index in [2.05, 4.69) is 5.32 Å². The number of piperazine rings is 1. The van der Waals surface area contributed by atoms with Crippen molar-refractivity contribution in [1.29, 1.82) is 0 Å². The molecule has 4 heteroatoms. The summed E-state index contributed by atoms with van der Waals surface area (Å²) in [5.41, 5.74) is 0. The number of rotatable bonds is 6. The van der Waals surface area contributed by atoms with Crippen molar-refractivity contribution < 1.29 is 9.59 Å². The molecule has 0 aliphatic carbocycles. The maximum absolute atomic E-state index is 12.5. The van der Waals surface area contributed by atoms with Crippen molar-refractivity contribution in [2.45, 2.75) is 59.0 Å². The van der Waals surface area contributed by atoms with Crippen LogP contribution in [0.3, 0.4) is 0 Å². The van der Waals surface area contributed by atoms with E-state index in [1.807, 2.05) is 39.8 Å². The summed E-state index contributed by atoms with van der Waals surface area (Å²) in [6, 6.07) is -0.676. The maximum atomic E-state index is 12.5. The summed E-state index contributed by atoms with van der Waals surface area (Å²) in [6.45, 7) is 8.54. The lowest BCUT2D eigenvalue weighted by atomic mass is 9.93. The second-order valence-corrected chi connectivity index (χ2v) is 5.24. The van der Waals surface area contributed by atoms with Gasteiger partial charge in [0.05, 0.1) is 0 Å². The molecule has 2 amide bonds. The second-order valence-electron chi connectivity index (χ2n) is 5.24. The maximum Gasteiger partial charge on any atom is 0.246 e. The number of hydrogen-bond acceptors (Lipinski definition) is 2. The number of allylic oxidation sites excluding steroid dienone is 1. The molecule has 108 valence electrons. The summed E-state index contributed by atoms with van der Waals surface area (Å²) in [4.78, 5) is 26.5. The SMILES string of the molecule is C/C=C/CN1C(=O)C(C(C)CC)NC(=O)C1CCC. The zero-order chi connectivity index (χ0) is 14.4. The standard InChI is InChI=1S/C15H26N2O2/c1-5-8-10-17-12(9-6-2)14(18)16-13(15(17)19)11(4)7-3/h5,8,11-13H,6-7,9-10H2,1-4H3,(H,16,18)/b8-5+. The molecule has 3 atom stereocenters. The van der Waals surface area contributed by atoms with Crippen molar-refractivity contribution in [3.8, 4) is 0 Å². The van der Waals surface area contributed by atoms with Crippen LogP contribution >= 0.6 is 0 Å². The van der Waals surface area contributed by atoms with E-state index in [1.165, 1.54) is 0 Å². The van der Waals surface area contributed by atoms with E-state index < -0.39 is 0 Å². The Labute approximate surface area is 116 Å². The molecule has 19 heavy (non-hydrogen) atoms. The van der Waals surface area contributed by atoms with Crippen molar-refractivity contribution in [2.75, 3.05) is 6.54 Å². The summed E-state index contributed by atoms with van der Waals surface area (Å²) in [7, 11) is 0. The highest BCUT2D eigenvalue weighted by atomic mass is 16.2. The van der Waals surface area contributed by atoms with Crippen LogP contribution in [0.2, 0.25) is 0 Å². The van der Waals surface area contributed by atoms with Gasteiger partial charge in [0.2, 0.25) is 11.8 Å². The van der Waals surface area contributed by atoms with Gasteiger partial charge in [-0.1, -0.05) is 45.8 Å². The average Bonchev–Trinajstić information content (AvgIpc) is 2.41. The van der Waals surface area contributed by atoms with Gasteiger partial charge in [-0.05, 0) is 19.3 Å². The Morgan fingerprint density at radius 1 is 1.37 bits per heavy atom. The van der Waals surface area contributed by atoms with Crippen LogP contribution in [0, 0.1) is 5.92 Å². The lowest BCUT2D eigenvalue weighted by molar-refractivity contribution is -0.150. The van der Waals surface area contributed by atoms with E-state index in [9.17, 15) is 9.59 Å². The zero-order valence-corrected chi connectivity index (χ0v) is 12.5. The Bertz CT molecular complexity index is 352. The normalized spacial score (nSPS) is 25.8. The molecule has 0 radical (unpaired) electrons. The summed E-state index contributed by atoms with van der Waals surface area (Å²) in [5.74, 6) is 0.230. The molecule has 1 N–H and O–H groups in total. The number of nitrogens with zero attached hydrogens (tertiary/aromatic N) is 1. The number of amides is 2. The predicted molar refractivity (Wildman–Crippen MR) is 76.6 cm³/mol. The van der Waals surface area contributed by atoms with Gasteiger partial charge in [-0.15, -0.1) is 0 Å². The Balaban J connectivity index is 2.93. The Morgan fingerprint density at radius 2 is 2.05 bits per heavy atom. The molecular weight excluding hydrogens is 240 g/mol. The number of carbonyl (C=O) groups excluding carboxylic acids is 2. The van der Waals surface area contributed by atoms with Crippen LogP contribution in [0.5, 0.6) is 0 Å². The molecule has 0 bridgehead atoms. The molecule has 1 saturated heterocycles. The van der Waals surface area contributed by atoms with Crippen LogP contribution in [0.15, 0.2) is 12.2 Å². The van der Waals surface area contributed by atoms with Gasteiger partial charge in [0, 0.05) is 6.54 Å². The first-order valence-electron chi connectivity index (χ1n) is 7.28. The van der Waals surface area contributed by atoms with Crippen LogP contribution in [0.1, 0.15) is 47.0 Å². The third kappa shape index (κ3) is 3.58. The summed E-state index contributed by atoms with van der Waals surface area (Å²) < 4.78 is 0. The molecule has 1 fully saturated rings. The lowest BCUT2D eigenvalue weighted by Crippen LogP contribution is -2.64. The number of carbonyl (C=O) groups is 2. The fraction of sp³-hybridized carbons (Fsp3) is 0.733. The first kappa shape index (κ1) is 15.7. The zero-order valence-electron chi connectivity index (χ0n) is 12.5. The Hall–Kier alpha value is -1.32. The van der Waals surface area contributed by atoms with Gasteiger partial charge in [0.15, 0.2) is 0 Å². The third-order valence-corrected chi connectivity index (χ3v) is 3.84. The first-order valence-corrected chi connectivity index (χ1v) is 7.28. The Morgan fingerprint density at radius 3 is 2.58 bits per heavy atom. The molecule has 4 nitrogen and oxygen atoms in total. The van der Waals surface area contributed by atoms with Gasteiger partial charge in [0.25, 0.3) is 0 Å². The largest absolute Gasteiger partial charge is 0.342 e. The summed E-state index contributed by atoms with van der Waals surface area (Å²) in [6.07, 6.45) is 6.36. The fourth-order valence-electron chi connectivity index (χ4n) is 2.40. The molecule has 1 rings (SSSR count). The smallest absolute Gasteiger partial charge is 0.246 e. The van der Waals surface area contributed by atoms with Gasteiger partial charge >= 0.3 is 0 Å². The topological polar surface area (TPSA) is 49.4 Å². The summed E-state index contributed by atoms with van der Waals surface area (Å²) >= 11 is 0. The molecule has 0 spiro atoms. The van der Waals surface area contributed by atoms with E-state index in [4.69, 9.17) is 0 Å². The van der Waals surface area contributed by atoms with E-state index >= 15 is 0 Å². The van der Waals surface area contributed by atoms with Gasteiger partial charge in [-0.3, -0.25) is 9.59 Å². The van der Waals surface area contributed by atoms with E-state index in [0.717, 1.165) is 19.3 Å². The van der Waals surface area contributed by atoms with Crippen molar-refractivity contribution >= 4 is 11.8 Å². The highest BCUT2D eigenvalue weighted by Crippen LogP contribution is 2.20. The predicted octanol–water partition coefficient (Wildman–Crippen LogP) is 2.10. The third-order valence-electron chi connectivity index (χ3n) is 3.84. The van der Waals surface area contributed by atoms with Crippen LogP contribution in [0.25, 0.3) is 0 Å². The van der Waals surface area contributed by atoms with Crippen LogP contribution in [-0.2, 0) is 9.59 Å². The van der Waals surface area contributed by atoms with Crippen molar-refractivity contribution in [3.63, 3.8) is 0 Å². The van der Waals surface area contributed by atoms with Gasteiger partial charge in [-0.25, -0.2) is 0 Å². The monoisotopic (exact) mass is 266 g/mol. The molecular formula is C15H26N2O2. The molecule has 0 saturated carbocycles. The molecule has 1 heterocycles. The van der Waals surface area contributed by atoms with Gasteiger partial charge in [-0.2, -0.15) is 0 Å². The van der Waals surface area contributed by atoms with Crippen LogP contribution in [0.4, 0.5) is 0 Å². The minimum atomic E-state index is -0.365. The molecule has 0 aromatic carbocycles. The van der Waals surface area contributed by atoms with E-state index in [0.29, 0.717) is 6.54 Å². The second kappa shape index (κ2) is 7.31. The average molecular weight is 266 g/mol. The van der Waals surface area contributed by atoms with Gasteiger partial charge < -0.3 is 10.2 Å². The highest BCUT2D eigenvalue weighted by Gasteiger charge is 2.41. The van der Waals surface area contributed by atoms with Gasteiger partial charge in [0.1, 0.15) is 12.1 Å². The molecule has 1 aliphatic heterocycles. The minimum absolute atomic E-state index is 0.00347. The molecule has 0 aromatic heterocycles. The van der Waals surface area contributed by atoms with E-state index in [-0.39, 0.29) is 29.8 Å². The number of hydrogen-bond donors (Lipinski definition) is 1. The highest BCUT2D eigenvalue weighted by molar-refractivity contribution is 5.97.